The van der Waals surface area contributed by atoms with E-state index in [1.165, 1.54) is 0 Å². The van der Waals surface area contributed by atoms with Crippen LogP contribution in [0.5, 0.6) is 0 Å². The molecule has 3 nitrogen and oxygen atoms in total. The number of hydrogen-bond donors (Lipinski definition) is 2. The van der Waals surface area contributed by atoms with Crippen molar-refractivity contribution in [3.8, 4) is 0 Å². The van der Waals surface area contributed by atoms with Gasteiger partial charge in [0.25, 0.3) is 0 Å². The van der Waals surface area contributed by atoms with Gasteiger partial charge in [-0.2, -0.15) is 0 Å². The van der Waals surface area contributed by atoms with E-state index < -0.39 is 12.0 Å². The van der Waals surface area contributed by atoms with Crippen LogP contribution >= 0.6 is 0 Å². The van der Waals surface area contributed by atoms with Crippen molar-refractivity contribution in [1.29, 1.82) is 0 Å². The number of benzene rings is 1. The highest BCUT2D eigenvalue weighted by Gasteiger charge is 2.13. The predicted octanol–water partition coefficient (Wildman–Crippen LogP) is 1.39. The molecule has 0 aromatic heterocycles. The first-order chi connectivity index (χ1) is 6.02. The Morgan fingerprint density at radius 1 is 1.38 bits per heavy atom. The number of rotatable bonds is 2. The second-order valence-electron chi connectivity index (χ2n) is 3.16. The maximum Gasteiger partial charge on any atom is 0.325 e. The lowest BCUT2D eigenvalue weighted by atomic mass is 10.0. The second kappa shape index (κ2) is 3.58. The molecule has 0 unspecified atom stereocenters. The Bertz CT molecular complexity index is 334. The van der Waals surface area contributed by atoms with E-state index in [0.29, 0.717) is 5.56 Å². The molecule has 0 spiro atoms. The smallest absolute Gasteiger partial charge is 0.325 e. The molecule has 1 rings (SSSR count). The van der Waals surface area contributed by atoms with Crippen LogP contribution in [0.15, 0.2) is 18.2 Å². The fourth-order valence-electron chi connectivity index (χ4n) is 1.10. The van der Waals surface area contributed by atoms with Gasteiger partial charge in [0.05, 0.1) is 0 Å². The van der Waals surface area contributed by atoms with Gasteiger partial charge in [0.2, 0.25) is 0 Å². The van der Waals surface area contributed by atoms with Crippen molar-refractivity contribution in [1.82, 2.24) is 0 Å². The molecule has 0 aliphatic heterocycles. The van der Waals surface area contributed by atoms with E-state index >= 15 is 0 Å². The average molecular weight is 179 g/mol. The number of carbonyl (C=O) groups is 1. The maximum atomic E-state index is 10.6. The van der Waals surface area contributed by atoms with Gasteiger partial charge in [-0.15, -0.1) is 0 Å². The number of nitrogens with two attached hydrogens (primary N) is 1. The Morgan fingerprint density at radius 3 is 2.46 bits per heavy atom. The lowest BCUT2D eigenvalue weighted by Gasteiger charge is -2.08. The molecule has 0 bridgehead atoms. The highest BCUT2D eigenvalue weighted by molar-refractivity contribution is 5.75. The summed E-state index contributed by atoms with van der Waals surface area (Å²) in [6.45, 7) is 3.92. The van der Waals surface area contributed by atoms with Gasteiger partial charge in [-0.1, -0.05) is 18.2 Å². The number of hydrogen-bond acceptors (Lipinski definition) is 2. The van der Waals surface area contributed by atoms with Gasteiger partial charge in [0, 0.05) is 0 Å². The fourth-order valence-corrected chi connectivity index (χ4v) is 1.10. The first-order valence-corrected chi connectivity index (χ1v) is 4.08. The van der Waals surface area contributed by atoms with Gasteiger partial charge in [0.15, 0.2) is 0 Å². The van der Waals surface area contributed by atoms with Crippen LogP contribution in [-0.2, 0) is 4.79 Å². The molecule has 0 amide bonds. The molecule has 0 fully saturated rings. The summed E-state index contributed by atoms with van der Waals surface area (Å²) in [6.07, 6.45) is 0. The summed E-state index contributed by atoms with van der Waals surface area (Å²) < 4.78 is 0. The molecule has 3 N–H and O–H groups in total. The maximum absolute atomic E-state index is 10.6. The third-order valence-electron chi connectivity index (χ3n) is 2.16. The third kappa shape index (κ3) is 2.06. The van der Waals surface area contributed by atoms with E-state index in [0.717, 1.165) is 11.1 Å². The number of carboxylic acids is 1. The van der Waals surface area contributed by atoms with Crippen molar-refractivity contribution in [2.75, 3.05) is 0 Å². The highest BCUT2D eigenvalue weighted by atomic mass is 16.4. The van der Waals surface area contributed by atoms with Crippen LogP contribution in [-0.4, -0.2) is 11.1 Å². The van der Waals surface area contributed by atoms with Crippen molar-refractivity contribution in [2.45, 2.75) is 19.9 Å². The van der Waals surface area contributed by atoms with Crippen molar-refractivity contribution in [3.05, 3.63) is 34.9 Å². The Hall–Kier alpha value is -1.35. The van der Waals surface area contributed by atoms with E-state index in [9.17, 15) is 4.79 Å². The predicted molar refractivity (Wildman–Crippen MR) is 50.5 cm³/mol. The SMILES string of the molecule is Cc1ccc([C@H](N)C(=O)O)cc1C. The number of aryl methyl sites for hydroxylation is 2. The number of aliphatic carboxylic acids is 1. The first kappa shape index (κ1) is 9.74. The summed E-state index contributed by atoms with van der Waals surface area (Å²) in [5, 5.41) is 8.67. The van der Waals surface area contributed by atoms with Crippen LogP contribution in [0, 0.1) is 13.8 Å². The van der Waals surface area contributed by atoms with Gasteiger partial charge >= 0.3 is 5.97 Å². The molecule has 0 saturated carbocycles. The van der Waals surface area contributed by atoms with E-state index in [4.69, 9.17) is 10.8 Å². The van der Waals surface area contributed by atoms with Crippen LogP contribution < -0.4 is 5.73 Å². The van der Waals surface area contributed by atoms with E-state index in [1.807, 2.05) is 26.0 Å². The molecule has 70 valence electrons. The molecule has 0 aliphatic carbocycles. The van der Waals surface area contributed by atoms with Gasteiger partial charge in [0.1, 0.15) is 6.04 Å². The fraction of sp³-hybridized carbons (Fsp3) is 0.300. The first-order valence-electron chi connectivity index (χ1n) is 4.08. The molecule has 0 radical (unpaired) electrons. The zero-order chi connectivity index (χ0) is 10.0. The quantitative estimate of drug-likeness (QED) is 0.721. The van der Waals surface area contributed by atoms with Crippen LogP contribution in [0.2, 0.25) is 0 Å². The van der Waals surface area contributed by atoms with E-state index in [-0.39, 0.29) is 0 Å². The Morgan fingerprint density at radius 2 is 2.00 bits per heavy atom. The zero-order valence-electron chi connectivity index (χ0n) is 7.74. The molecule has 3 heteroatoms. The Labute approximate surface area is 77.2 Å². The van der Waals surface area contributed by atoms with E-state index in [1.54, 1.807) is 6.07 Å². The van der Waals surface area contributed by atoms with Gasteiger partial charge in [-0.05, 0) is 30.5 Å². The minimum absolute atomic E-state index is 0.649. The second-order valence-corrected chi connectivity index (χ2v) is 3.16. The monoisotopic (exact) mass is 179 g/mol. The lowest BCUT2D eigenvalue weighted by Crippen LogP contribution is -2.20. The normalized spacial score (nSPS) is 12.5. The Kier molecular flexibility index (Phi) is 2.68. The third-order valence-corrected chi connectivity index (χ3v) is 2.16. The largest absolute Gasteiger partial charge is 0.480 e. The average Bonchev–Trinajstić information content (AvgIpc) is 2.08. The molecule has 13 heavy (non-hydrogen) atoms. The molecule has 1 aromatic carbocycles. The van der Waals surface area contributed by atoms with Gasteiger partial charge in [-0.25, -0.2) is 0 Å². The molecule has 1 atom stereocenters. The minimum atomic E-state index is -0.997. The summed E-state index contributed by atoms with van der Waals surface area (Å²) in [7, 11) is 0. The molecule has 1 aromatic rings. The lowest BCUT2D eigenvalue weighted by molar-refractivity contribution is -0.138. The van der Waals surface area contributed by atoms with Gasteiger partial charge in [-0.3, -0.25) is 4.79 Å². The molecular formula is C10H13NO2. The molecule has 0 heterocycles. The van der Waals surface area contributed by atoms with Crippen LogP contribution in [0.1, 0.15) is 22.7 Å². The van der Waals surface area contributed by atoms with E-state index in [2.05, 4.69) is 0 Å². The zero-order valence-corrected chi connectivity index (χ0v) is 7.74. The summed E-state index contributed by atoms with van der Waals surface area (Å²) in [6, 6.07) is 4.53. The van der Waals surface area contributed by atoms with Crippen molar-refractivity contribution < 1.29 is 9.90 Å². The summed E-state index contributed by atoms with van der Waals surface area (Å²) >= 11 is 0. The van der Waals surface area contributed by atoms with Crippen molar-refractivity contribution in [2.24, 2.45) is 5.73 Å². The van der Waals surface area contributed by atoms with Crippen LogP contribution in [0.25, 0.3) is 0 Å². The van der Waals surface area contributed by atoms with Crippen LogP contribution in [0.3, 0.4) is 0 Å². The number of carboxylic acid groups (broad SMARTS) is 1. The summed E-state index contributed by atoms with van der Waals surface area (Å²) in [5.41, 5.74) is 8.31. The molecule has 0 aliphatic rings. The van der Waals surface area contributed by atoms with Gasteiger partial charge < -0.3 is 10.8 Å². The summed E-state index contributed by atoms with van der Waals surface area (Å²) in [5.74, 6) is -0.997. The molecular weight excluding hydrogens is 166 g/mol. The van der Waals surface area contributed by atoms with Crippen molar-refractivity contribution in [3.63, 3.8) is 0 Å². The Balaban J connectivity index is 3.03. The minimum Gasteiger partial charge on any atom is -0.480 e. The standard InChI is InChI=1S/C10H13NO2/c1-6-3-4-8(5-7(6)2)9(11)10(12)13/h3-5,9H,11H2,1-2H3,(H,12,13)/t9-/m0/s1. The highest BCUT2D eigenvalue weighted by Crippen LogP contribution is 2.15. The topological polar surface area (TPSA) is 63.3 Å². The van der Waals surface area contributed by atoms with Crippen LogP contribution in [0.4, 0.5) is 0 Å². The summed E-state index contributed by atoms with van der Waals surface area (Å²) in [4.78, 5) is 10.6. The molecule has 0 saturated heterocycles. The van der Waals surface area contributed by atoms with Crippen molar-refractivity contribution >= 4 is 5.97 Å².